The SMILES string of the molecule is Cn1ccnc1C(NC(=O)c1ccc(OC(F)F)cc1)c1ccc(F)cc1. The van der Waals surface area contributed by atoms with Crippen molar-refractivity contribution in [2.24, 2.45) is 7.05 Å². The Balaban J connectivity index is 1.84. The standard InChI is InChI=1S/C19H16F3N3O2/c1-25-11-10-23-17(25)16(12-2-6-14(20)7-3-12)24-18(26)13-4-8-15(9-5-13)27-19(21)22/h2-11,16,19H,1H3,(H,24,26). The molecule has 1 N–H and O–H groups in total. The molecule has 1 unspecified atom stereocenters. The van der Waals surface area contributed by atoms with E-state index >= 15 is 0 Å². The van der Waals surface area contributed by atoms with Gasteiger partial charge in [0.2, 0.25) is 0 Å². The van der Waals surface area contributed by atoms with E-state index in [0.29, 0.717) is 11.4 Å². The highest BCUT2D eigenvalue weighted by Crippen LogP contribution is 2.22. The number of alkyl halides is 2. The zero-order valence-electron chi connectivity index (χ0n) is 14.3. The first-order chi connectivity index (χ1) is 12.9. The number of hydrogen-bond donors (Lipinski definition) is 1. The highest BCUT2D eigenvalue weighted by Gasteiger charge is 2.21. The second-order valence-corrected chi connectivity index (χ2v) is 5.76. The summed E-state index contributed by atoms with van der Waals surface area (Å²) in [4.78, 5) is 16.9. The van der Waals surface area contributed by atoms with E-state index in [1.165, 1.54) is 36.4 Å². The topological polar surface area (TPSA) is 56.2 Å². The predicted octanol–water partition coefficient (Wildman–Crippen LogP) is 3.68. The first-order valence-corrected chi connectivity index (χ1v) is 8.02. The third-order valence-electron chi connectivity index (χ3n) is 3.94. The maximum Gasteiger partial charge on any atom is 0.387 e. The number of carbonyl (C=O) groups excluding carboxylic acids is 1. The van der Waals surface area contributed by atoms with Gasteiger partial charge in [0.15, 0.2) is 0 Å². The lowest BCUT2D eigenvalue weighted by Gasteiger charge is -2.19. The maximum atomic E-state index is 13.3. The number of nitrogens with zero attached hydrogens (tertiary/aromatic N) is 2. The first kappa shape index (κ1) is 18.5. The molecule has 0 fully saturated rings. The molecule has 0 saturated carbocycles. The number of nitrogens with one attached hydrogen (secondary N) is 1. The second-order valence-electron chi connectivity index (χ2n) is 5.76. The lowest BCUT2D eigenvalue weighted by Crippen LogP contribution is -2.31. The average molecular weight is 375 g/mol. The van der Waals surface area contributed by atoms with Crippen LogP contribution in [0.3, 0.4) is 0 Å². The van der Waals surface area contributed by atoms with E-state index in [-0.39, 0.29) is 11.3 Å². The van der Waals surface area contributed by atoms with Gasteiger partial charge in [-0.05, 0) is 42.0 Å². The molecule has 8 heteroatoms. The van der Waals surface area contributed by atoms with Gasteiger partial charge in [-0.2, -0.15) is 8.78 Å². The molecule has 1 aromatic heterocycles. The molecule has 1 heterocycles. The number of ether oxygens (including phenoxy) is 1. The number of aromatic nitrogens is 2. The van der Waals surface area contributed by atoms with Crippen LogP contribution < -0.4 is 10.1 Å². The van der Waals surface area contributed by atoms with E-state index in [2.05, 4.69) is 15.0 Å². The summed E-state index contributed by atoms with van der Waals surface area (Å²) < 4.78 is 43.7. The van der Waals surface area contributed by atoms with Crippen molar-refractivity contribution < 1.29 is 22.7 Å². The Morgan fingerprint density at radius 1 is 1.11 bits per heavy atom. The summed E-state index contributed by atoms with van der Waals surface area (Å²) in [5, 5.41) is 2.84. The molecule has 0 radical (unpaired) electrons. The number of amides is 1. The summed E-state index contributed by atoms with van der Waals surface area (Å²) in [6.07, 6.45) is 3.32. The first-order valence-electron chi connectivity index (χ1n) is 8.02. The molecular weight excluding hydrogens is 359 g/mol. The lowest BCUT2D eigenvalue weighted by molar-refractivity contribution is -0.0498. The van der Waals surface area contributed by atoms with Crippen molar-refractivity contribution in [1.82, 2.24) is 14.9 Å². The molecule has 0 aliphatic heterocycles. The van der Waals surface area contributed by atoms with Crippen LogP contribution in [0.1, 0.15) is 27.8 Å². The van der Waals surface area contributed by atoms with Crippen LogP contribution in [0.25, 0.3) is 0 Å². The van der Waals surface area contributed by atoms with Gasteiger partial charge in [0.25, 0.3) is 5.91 Å². The van der Waals surface area contributed by atoms with Crippen molar-refractivity contribution in [3.8, 4) is 5.75 Å². The normalized spacial score (nSPS) is 12.0. The number of aryl methyl sites for hydroxylation is 1. The Kier molecular flexibility index (Phi) is 5.44. The summed E-state index contributed by atoms with van der Waals surface area (Å²) >= 11 is 0. The van der Waals surface area contributed by atoms with Crippen LogP contribution in [-0.4, -0.2) is 22.1 Å². The Morgan fingerprint density at radius 3 is 2.33 bits per heavy atom. The number of benzene rings is 2. The second kappa shape index (κ2) is 7.94. The number of rotatable bonds is 6. The molecule has 2 aromatic carbocycles. The van der Waals surface area contributed by atoms with Crippen molar-refractivity contribution in [2.45, 2.75) is 12.7 Å². The van der Waals surface area contributed by atoms with Crippen LogP contribution >= 0.6 is 0 Å². The van der Waals surface area contributed by atoms with Crippen LogP contribution in [-0.2, 0) is 7.05 Å². The molecule has 27 heavy (non-hydrogen) atoms. The highest BCUT2D eigenvalue weighted by molar-refractivity contribution is 5.94. The van der Waals surface area contributed by atoms with Crippen LogP contribution in [0, 0.1) is 5.82 Å². The number of imidazole rings is 1. The van der Waals surface area contributed by atoms with Gasteiger partial charge in [-0.25, -0.2) is 9.37 Å². The van der Waals surface area contributed by atoms with Crippen LogP contribution in [0.2, 0.25) is 0 Å². The minimum absolute atomic E-state index is 0.0410. The van der Waals surface area contributed by atoms with Crippen molar-refractivity contribution in [1.29, 1.82) is 0 Å². The number of carbonyl (C=O) groups is 1. The smallest absolute Gasteiger partial charge is 0.387 e. The zero-order chi connectivity index (χ0) is 19.4. The highest BCUT2D eigenvalue weighted by atomic mass is 19.3. The molecule has 0 spiro atoms. The Bertz CT molecular complexity index is 909. The minimum Gasteiger partial charge on any atom is -0.435 e. The van der Waals surface area contributed by atoms with E-state index in [1.54, 1.807) is 36.1 Å². The fourth-order valence-corrected chi connectivity index (χ4v) is 2.61. The molecule has 0 saturated heterocycles. The Hall–Kier alpha value is -3.29. The molecule has 0 aliphatic rings. The summed E-state index contributed by atoms with van der Waals surface area (Å²) in [6.45, 7) is -2.93. The molecule has 1 amide bonds. The third-order valence-corrected chi connectivity index (χ3v) is 3.94. The predicted molar refractivity (Wildman–Crippen MR) is 92.0 cm³/mol. The van der Waals surface area contributed by atoms with E-state index in [4.69, 9.17) is 0 Å². The van der Waals surface area contributed by atoms with E-state index < -0.39 is 24.4 Å². The van der Waals surface area contributed by atoms with Gasteiger partial charge in [-0.15, -0.1) is 0 Å². The van der Waals surface area contributed by atoms with Crippen molar-refractivity contribution >= 4 is 5.91 Å². The Morgan fingerprint density at radius 2 is 1.78 bits per heavy atom. The fraction of sp³-hybridized carbons (Fsp3) is 0.158. The van der Waals surface area contributed by atoms with Crippen LogP contribution in [0.5, 0.6) is 5.75 Å². The van der Waals surface area contributed by atoms with Crippen LogP contribution in [0.4, 0.5) is 13.2 Å². The molecule has 3 rings (SSSR count). The molecule has 140 valence electrons. The fourth-order valence-electron chi connectivity index (χ4n) is 2.61. The van der Waals surface area contributed by atoms with Gasteiger partial charge in [0, 0.05) is 25.0 Å². The van der Waals surface area contributed by atoms with Crippen LogP contribution in [0.15, 0.2) is 60.9 Å². The average Bonchev–Trinajstić information content (AvgIpc) is 3.06. The quantitative estimate of drug-likeness (QED) is 0.715. The van der Waals surface area contributed by atoms with Gasteiger partial charge in [0.1, 0.15) is 23.4 Å². The lowest BCUT2D eigenvalue weighted by atomic mass is 10.1. The van der Waals surface area contributed by atoms with Gasteiger partial charge in [0.05, 0.1) is 0 Å². The summed E-state index contributed by atoms with van der Waals surface area (Å²) in [5.41, 5.74) is 0.912. The monoisotopic (exact) mass is 375 g/mol. The minimum atomic E-state index is -2.93. The molecular formula is C19H16F3N3O2. The van der Waals surface area contributed by atoms with Gasteiger partial charge < -0.3 is 14.6 Å². The Labute approximate surface area is 153 Å². The van der Waals surface area contributed by atoms with E-state index in [1.807, 2.05) is 0 Å². The summed E-state index contributed by atoms with van der Waals surface area (Å²) in [6, 6.07) is 10.4. The van der Waals surface area contributed by atoms with Crippen molar-refractivity contribution in [3.63, 3.8) is 0 Å². The van der Waals surface area contributed by atoms with E-state index in [9.17, 15) is 18.0 Å². The number of hydrogen-bond acceptors (Lipinski definition) is 3. The summed E-state index contributed by atoms with van der Waals surface area (Å²) in [5.74, 6) is -0.303. The summed E-state index contributed by atoms with van der Waals surface area (Å²) in [7, 11) is 1.78. The number of halogens is 3. The van der Waals surface area contributed by atoms with Gasteiger partial charge in [-0.3, -0.25) is 4.79 Å². The van der Waals surface area contributed by atoms with Crippen molar-refractivity contribution in [3.05, 3.63) is 83.7 Å². The zero-order valence-corrected chi connectivity index (χ0v) is 14.3. The van der Waals surface area contributed by atoms with Crippen molar-refractivity contribution in [2.75, 3.05) is 0 Å². The third kappa shape index (κ3) is 4.46. The molecule has 0 aliphatic carbocycles. The molecule has 0 bridgehead atoms. The van der Waals surface area contributed by atoms with Gasteiger partial charge in [-0.1, -0.05) is 12.1 Å². The molecule has 3 aromatic rings. The van der Waals surface area contributed by atoms with Gasteiger partial charge >= 0.3 is 6.61 Å². The molecule has 5 nitrogen and oxygen atoms in total. The maximum absolute atomic E-state index is 13.3. The van der Waals surface area contributed by atoms with E-state index in [0.717, 1.165) is 0 Å². The molecule has 1 atom stereocenters. The largest absolute Gasteiger partial charge is 0.435 e.